The van der Waals surface area contributed by atoms with E-state index in [0.29, 0.717) is 11.9 Å². The summed E-state index contributed by atoms with van der Waals surface area (Å²) >= 11 is 1.30. The number of nitrogens with zero attached hydrogens (tertiary/aromatic N) is 2. The van der Waals surface area contributed by atoms with Crippen LogP contribution in [0.2, 0.25) is 0 Å². The molecule has 0 aliphatic carbocycles. The Bertz CT molecular complexity index is 285. The van der Waals surface area contributed by atoms with Gasteiger partial charge < -0.3 is 15.8 Å². The topological polar surface area (TPSA) is 73.1 Å². The Labute approximate surface area is 86.8 Å². The zero-order valence-corrected chi connectivity index (χ0v) is 8.72. The van der Waals surface area contributed by atoms with Crippen LogP contribution in [0.1, 0.15) is 12.8 Å². The number of rotatable bonds is 3. The van der Waals surface area contributed by atoms with Gasteiger partial charge in [0.2, 0.25) is 11.1 Å². The molecule has 0 radical (unpaired) electrons. The SMILES string of the molecule is Nc1nsc(NCC2CCCOC2)n1. The van der Waals surface area contributed by atoms with Crippen molar-refractivity contribution in [3.8, 4) is 0 Å². The molecule has 2 heterocycles. The molecule has 0 spiro atoms. The Hall–Kier alpha value is -0.880. The first-order chi connectivity index (χ1) is 6.84. The maximum atomic E-state index is 5.41. The monoisotopic (exact) mass is 214 g/mol. The number of aromatic nitrogens is 2. The molecular formula is C8H14N4OS. The number of nitrogens with two attached hydrogens (primary N) is 1. The van der Waals surface area contributed by atoms with Crippen LogP contribution in [0.25, 0.3) is 0 Å². The Morgan fingerprint density at radius 2 is 2.57 bits per heavy atom. The molecule has 0 saturated carbocycles. The number of hydrogen-bond donors (Lipinski definition) is 2. The minimum Gasteiger partial charge on any atom is -0.381 e. The third kappa shape index (κ3) is 2.55. The predicted octanol–water partition coefficient (Wildman–Crippen LogP) is 0.959. The lowest BCUT2D eigenvalue weighted by atomic mass is 10.0. The molecule has 0 amide bonds. The van der Waals surface area contributed by atoms with Crippen LogP contribution in [0.5, 0.6) is 0 Å². The maximum Gasteiger partial charge on any atom is 0.233 e. The van der Waals surface area contributed by atoms with Crippen molar-refractivity contribution in [1.29, 1.82) is 0 Å². The molecule has 6 heteroatoms. The van der Waals surface area contributed by atoms with Gasteiger partial charge in [0, 0.05) is 24.7 Å². The second-order valence-electron chi connectivity index (χ2n) is 3.42. The number of nitrogens with one attached hydrogen (secondary N) is 1. The van der Waals surface area contributed by atoms with E-state index >= 15 is 0 Å². The fourth-order valence-electron chi connectivity index (χ4n) is 1.51. The summed E-state index contributed by atoms with van der Waals surface area (Å²) in [6.07, 6.45) is 2.38. The maximum absolute atomic E-state index is 5.41. The minimum absolute atomic E-state index is 0.345. The summed E-state index contributed by atoms with van der Waals surface area (Å²) in [5.41, 5.74) is 5.41. The van der Waals surface area contributed by atoms with Crippen LogP contribution in [0.3, 0.4) is 0 Å². The molecule has 1 aromatic heterocycles. The number of anilines is 2. The molecule has 14 heavy (non-hydrogen) atoms. The van der Waals surface area contributed by atoms with E-state index in [1.54, 1.807) is 0 Å². The summed E-state index contributed by atoms with van der Waals surface area (Å²) in [5.74, 6) is 0.936. The van der Waals surface area contributed by atoms with Gasteiger partial charge in [-0.2, -0.15) is 9.36 Å². The smallest absolute Gasteiger partial charge is 0.233 e. The molecule has 78 valence electrons. The first kappa shape index (κ1) is 9.67. The van der Waals surface area contributed by atoms with Gasteiger partial charge in [0.25, 0.3) is 0 Å². The fourth-order valence-corrected chi connectivity index (χ4v) is 2.01. The summed E-state index contributed by atoms with van der Waals surface area (Å²) < 4.78 is 9.27. The molecule has 1 atom stereocenters. The molecule has 1 aliphatic heterocycles. The van der Waals surface area contributed by atoms with E-state index in [9.17, 15) is 0 Å². The molecule has 1 aliphatic rings. The van der Waals surface area contributed by atoms with Crippen molar-refractivity contribution in [1.82, 2.24) is 9.36 Å². The molecule has 1 saturated heterocycles. The second kappa shape index (κ2) is 4.56. The van der Waals surface area contributed by atoms with Crippen LogP contribution in [-0.2, 0) is 4.74 Å². The fraction of sp³-hybridized carbons (Fsp3) is 0.750. The van der Waals surface area contributed by atoms with E-state index in [1.165, 1.54) is 18.0 Å². The number of nitrogen functional groups attached to an aromatic ring is 1. The Morgan fingerprint density at radius 3 is 3.21 bits per heavy atom. The second-order valence-corrected chi connectivity index (χ2v) is 4.17. The molecule has 0 bridgehead atoms. The van der Waals surface area contributed by atoms with E-state index in [0.717, 1.165) is 31.3 Å². The van der Waals surface area contributed by atoms with Crippen molar-refractivity contribution >= 4 is 22.6 Å². The van der Waals surface area contributed by atoms with E-state index in [4.69, 9.17) is 10.5 Å². The summed E-state index contributed by atoms with van der Waals surface area (Å²) in [4.78, 5) is 4.03. The Balaban J connectivity index is 1.76. The molecule has 5 nitrogen and oxygen atoms in total. The zero-order valence-electron chi connectivity index (χ0n) is 7.90. The summed E-state index contributed by atoms with van der Waals surface area (Å²) in [6, 6.07) is 0. The largest absolute Gasteiger partial charge is 0.381 e. The van der Waals surface area contributed by atoms with Crippen molar-refractivity contribution in [2.75, 3.05) is 30.8 Å². The highest BCUT2D eigenvalue weighted by Gasteiger charge is 2.13. The first-order valence-electron chi connectivity index (χ1n) is 4.75. The zero-order chi connectivity index (χ0) is 9.80. The Morgan fingerprint density at radius 1 is 1.64 bits per heavy atom. The lowest BCUT2D eigenvalue weighted by molar-refractivity contribution is 0.0595. The predicted molar refractivity (Wildman–Crippen MR) is 56.4 cm³/mol. The number of hydrogen-bond acceptors (Lipinski definition) is 6. The normalized spacial score (nSPS) is 22.1. The van der Waals surface area contributed by atoms with Gasteiger partial charge >= 0.3 is 0 Å². The van der Waals surface area contributed by atoms with Crippen molar-refractivity contribution < 1.29 is 4.74 Å². The first-order valence-corrected chi connectivity index (χ1v) is 5.53. The number of ether oxygens (including phenoxy) is 1. The molecular weight excluding hydrogens is 200 g/mol. The van der Waals surface area contributed by atoms with Crippen molar-refractivity contribution in [2.45, 2.75) is 12.8 Å². The molecule has 2 rings (SSSR count). The van der Waals surface area contributed by atoms with Crippen LogP contribution in [0.15, 0.2) is 0 Å². The van der Waals surface area contributed by atoms with Gasteiger partial charge in [0.1, 0.15) is 0 Å². The van der Waals surface area contributed by atoms with Crippen LogP contribution < -0.4 is 11.1 Å². The van der Waals surface area contributed by atoms with Crippen molar-refractivity contribution in [3.63, 3.8) is 0 Å². The van der Waals surface area contributed by atoms with Gasteiger partial charge in [-0.25, -0.2) is 0 Å². The van der Waals surface area contributed by atoms with Crippen molar-refractivity contribution in [3.05, 3.63) is 0 Å². The molecule has 1 fully saturated rings. The van der Waals surface area contributed by atoms with Gasteiger partial charge in [-0.15, -0.1) is 0 Å². The third-order valence-electron chi connectivity index (χ3n) is 2.24. The highest BCUT2D eigenvalue weighted by atomic mass is 32.1. The van der Waals surface area contributed by atoms with Crippen LogP contribution in [0.4, 0.5) is 11.1 Å². The third-order valence-corrected chi connectivity index (χ3v) is 2.93. The molecule has 0 aromatic carbocycles. The average molecular weight is 214 g/mol. The van der Waals surface area contributed by atoms with E-state index in [2.05, 4.69) is 14.7 Å². The summed E-state index contributed by atoms with van der Waals surface area (Å²) in [6.45, 7) is 2.65. The lowest BCUT2D eigenvalue weighted by Crippen LogP contribution is -2.24. The van der Waals surface area contributed by atoms with E-state index in [1.807, 2.05) is 0 Å². The van der Waals surface area contributed by atoms with E-state index in [-0.39, 0.29) is 0 Å². The highest BCUT2D eigenvalue weighted by molar-refractivity contribution is 7.09. The molecule has 1 unspecified atom stereocenters. The summed E-state index contributed by atoms with van der Waals surface area (Å²) in [7, 11) is 0. The molecule has 3 N–H and O–H groups in total. The molecule has 1 aromatic rings. The van der Waals surface area contributed by atoms with Gasteiger partial charge in [0.15, 0.2) is 0 Å². The quantitative estimate of drug-likeness (QED) is 0.784. The lowest BCUT2D eigenvalue weighted by Gasteiger charge is -2.21. The van der Waals surface area contributed by atoms with Crippen LogP contribution in [-0.4, -0.2) is 29.1 Å². The highest BCUT2D eigenvalue weighted by Crippen LogP contribution is 2.16. The Kier molecular flexibility index (Phi) is 3.15. The van der Waals surface area contributed by atoms with Gasteiger partial charge in [-0.05, 0) is 18.8 Å². The summed E-state index contributed by atoms with van der Waals surface area (Å²) in [5, 5.41) is 4.02. The van der Waals surface area contributed by atoms with Gasteiger partial charge in [-0.1, -0.05) is 0 Å². The standard InChI is InChI=1S/C8H14N4OS/c9-7-11-8(14-12-7)10-4-6-2-1-3-13-5-6/h6H,1-5H2,(H3,9,10,11,12). The van der Waals surface area contributed by atoms with Crippen LogP contribution in [0, 0.1) is 5.92 Å². The van der Waals surface area contributed by atoms with Gasteiger partial charge in [0.05, 0.1) is 6.61 Å². The average Bonchev–Trinajstić information content (AvgIpc) is 2.63. The van der Waals surface area contributed by atoms with E-state index < -0.39 is 0 Å². The van der Waals surface area contributed by atoms with Crippen LogP contribution >= 0.6 is 11.5 Å². The van der Waals surface area contributed by atoms with Gasteiger partial charge in [-0.3, -0.25) is 0 Å². The van der Waals surface area contributed by atoms with Crippen molar-refractivity contribution in [2.24, 2.45) is 5.92 Å². The minimum atomic E-state index is 0.345.